The lowest BCUT2D eigenvalue weighted by Crippen LogP contribution is -2.84. The summed E-state index contributed by atoms with van der Waals surface area (Å²) in [6.07, 6.45) is 0.915. The van der Waals surface area contributed by atoms with Crippen molar-refractivity contribution in [1.82, 2.24) is 0 Å². The van der Waals surface area contributed by atoms with Crippen molar-refractivity contribution in [1.29, 1.82) is 0 Å². The number of nitrogens with zero attached hydrogens (tertiary/aromatic N) is 1. The number of hydrogen-bond acceptors (Lipinski definition) is 2. The maximum Gasteiger partial charge on any atom is 0.181 e. The van der Waals surface area contributed by atoms with E-state index in [1.165, 1.54) is 6.07 Å². The minimum Gasteiger partial charge on any atom is -0.386 e. The Morgan fingerprint density at radius 3 is 2.81 bits per heavy atom. The molecule has 2 aromatic rings. The Labute approximate surface area is 123 Å². The zero-order valence-corrected chi connectivity index (χ0v) is 11.7. The topological polar surface area (TPSA) is 38.2 Å². The van der Waals surface area contributed by atoms with Gasteiger partial charge in [0.1, 0.15) is 18.9 Å². The number of benzene rings is 2. The molecule has 0 aromatic heterocycles. The van der Waals surface area contributed by atoms with Crippen molar-refractivity contribution >= 4 is 5.71 Å². The summed E-state index contributed by atoms with van der Waals surface area (Å²) in [4.78, 5) is 5.46. The Morgan fingerprint density at radius 2 is 2.00 bits per heavy atom. The van der Waals surface area contributed by atoms with Crippen molar-refractivity contribution in [3.63, 3.8) is 0 Å². The van der Waals surface area contributed by atoms with Gasteiger partial charge in [-0.05, 0) is 17.7 Å². The van der Waals surface area contributed by atoms with Crippen LogP contribution in [0.5, 0.6) is 0 Å². The van der Waals surface area contributed by atoms with Gasteiger partial charge in [-0.3, -0.25) is 0 Å². The molecule has 0 saturated heterocycles. The van der Waals surface area contributed by atoms with E-state index in [0.717, 1.165) is 36.3 Å². The lowest BCUT2D eigenvalue weighted by atomic mass is 10.1. The molecule has 2 aromatic carbocycles. The highest BCUT2D eigenvalue weighted by Gasteiger charge is 2.23. The second kappa shape index (κ2) is 6.50. The number of rotatable bonds is 5. The molecule has 1 aliphatic heterocycles. The van der Waals surface area contributed by atoms with Gasteiger partial charge < -0.3 is 10.2 Å². The van der Waals surface area contributed by atoms with Crippen LogP contribution in [-0.4, -0.2) is 18.4 Å². The second-order valence-electron chi connectivity index (χ2n) is 5.19. The molecule has 1 aliphatic rings. The number of oxime groups is 1. The van der Waals surface area contributed by atoms with Crippen LogP contribution >= 0.6 is 0 Å². The Kier molecular flexibility index (Phi) is 4.26. The third-order valence-electron chi connectivity index (χ3n) is 3.54. The fourth-order valence-electron chi connectivity index (χ4n) is 2.46. The first-order chi connectivity index (χ1) is 10.3. The maximum absolute atomic E-state index is 13.1. The monoisotopic (exact) mass is 285 g/mol. The molecular weight excluding hydrogens is 267 g/mol. The van der Waals surface area contributed by atoms with Crippen LogP contribution in [0.15, 0.2) is 59.8 Å². The van der Waals surface area contributed by atoms with Crippen LogP contribution in [-0.2, 0) is 11.4 Å². The first-order valence-corrected chi connectivity index (χ1v) is 7.15. The van der Waals surface area contributed by atoms with Gasteiger partial charge in [-0.1, -0.05) is 47.6 Å². The van der Waals surface area contributed by atoms with Gasteiger partial charge in [0.15, 0.2) is 6.10 Å². The largest absolute Gasteiger partial charge is 0.386 e. The molecular formula is C17H18FN2O+. The number of quaternary nitrogens is 1. The average molecular weight is 285 g/mol. The Hall–Kier alpha value is -2.20. The highest BCUT2D eigenvalue weighted by atomic mass is 19.1. The van der Waals surface area contributed by atoms with E-state index in [2.05, 4.69) is 10.5 Å². The highest BCUT2D eigenvalue weighted by Crippen LogP contribution is 2.15. The SMILES string of the molecule is Fc1cccc(C[NH2+]C[C@@H]2CC(c3ccccc3)=NO2)c1. The zero-order chi connectivity index (χ0) is 14.5. The second-order valence-corrected chi connectivity index (χ2v) is 5.19. The molecule has 0 bridgehead atoms. The third kappa shape index (κ3) is 3.67. The standard InChI is InChI=1S/C17H17FN2O/c18-15-8-4-5-13(9-15)11-19-12-16-10-17(20-21-16)14-6-2-1-3-7-14/h1-9,16,19H,10-12H2/p+1/t16-/m0/s1. The van der Waals surface area contributed by atoms with Crippen molar-refractivity contribution in [2.45, 2.75) is 19.1 Å². The van der Waals surface area contributed by atoms with Gasteiger partial charge >= 0.3 is 0 Å². The van der Waals surface area contributed by atoms with E-state index in [0.29, 0.717) is 0 Å². The summed E-state index contributed by atoms with van der Waals surface area (Å²) in [6, 6.07) is 16.8. The Balaban J connectivity index is 1.46. The van der Waals surface area contributed by atoms with Gasteiger partial charge in [0.25, 0.3) is 0 Å². The van der Waals surface area contributed by atoms with Crippen molar-refractivity contribution in [2.75, 3.05) is 6.54 Å². The quantitative estimate of drug-likeness (QED) is 0.897. The van der Waals surface area contributed by atoms with Gasteiger partial charge in [0.2, 0.25) is 0 Å². The van der Waals surface area contributed by atoms with E-state index >= 15 is 0 Å². The van der Waals surface area contributed by atoms with Crippen molar-refractivity contribution in [3.8, 4) is 0 Å². The van der Waals surface area contributed by atoms with Crippen molar-refractivity contribution in [2.24, 2.45) is 5.16 Å². The van der Waals surface area contributed by atoms with E-state index < -0.39 is 0 Å². The van der Waals surface area contributed by atoms with Gasteiger partial charge in [-0.15, -0.1) is 0 Å². The van der Waals surface area contributed by atoms with Crippen LogP contribution in [0.3, 0.4) is 0 Å². The first-order valence-electron chi connectivity index (χ1n) is 7.15. The Morgan fingerprint density at radius 1 is 1.14 bits per heavy atom. The van der Waals surface area contributed by atoms with Gasteiger partial charge in [0.05, 0.1) is 5.71 Å². The molecule has 21 heavy (non-hydrogen) atoms. The molecule has 0 spiro atoms. The molecule has 0 saturated carbocycles. The maximum atomic E-state index is 13.1. The predicted molar refractivity (Wildman–Crippen MR) is 79.4 cm³/mol. The van der Waals surface area contributed by atoms with Gasteiger partial charge in [-0.25, -0.2) is 4.39 Å². The van der Waals surface area contributed by atoms with Gasteiger partial charge in [0, 0.05) is 12.0 Å². The summed E-state index contributed by atoms with van der Waals surface area (Å²) in [5, 5.41) is 6.29. The van der Waals surface area contributed by atoms with E-state index in [1.54, 1.807) is 12.1 Å². The minimum atomic E-state index is -0.187. The zero-order valence-electron chi connectivity index (χ0n) is 11.7. The summed E-state index contributed by atoms with van der Waals surface area (Å²) in [7, 11) is 0. The summed E-state index contributed by atoms with van der Waals surface area (Å²) >= 11 is 0. The predicted octanol–water partition coefficient (Wildman–Crippen LogP) is 2.08. The van der Waals surface area contributed by atoms with Gasteiger partial charge in [-0.2, -0.15) is 0 Å². The minimum absolute atomic E-state index is 0.0914. The molecule has 0 unspecified atom stereocenters. The van der Waals surface area contributed by atoms with E-state index in [-0.39, 0.29) is 11.9 Å². The number of hydrogen-bond donors (Lipinski definition) is 1. The van der Waals surface area contributed by atoms with Crippen molar-refractivity contribution in [3.05, 3.63) is 71.5 Å². The lowest BCUT2D eigenvalue weighted by molar-refractivity contribution is -0.676. The number of halogens is 1. The normalized spacial score (nSPS) is 17.4. The molecule has 3 rings (SSSR count). The van der Waals surface area contributed by atoms with Crippen LogP contribution < -0.4 is 5.32 Å². The average Bonchev–Trinajstić information content (AvgIpc) is 2.97. The molecule has 0 amide bonds. The van der Waals surface area contributed by atoms with E-state index in [9.17, 15) is 4.39 Å². The lowest BCUT2D eigenvalue weighted by Gasteiger charge is -2.07. The van der Waals surface area contributed by atoms with Crippen LogP contribution in [0.4, 0.5) is 4.39 Å². The van der Waals surface area contributed by atoms with Crippen LogP contribution in [0.25, 0.3) is 0 Å². The fraction of sp³-hybridized carbons (Fsp3) is 0.235. The summed E-state index contributed by atoms with van der Waals surface area (Å²) in [5.74, 6) is -0.187. The summed E-state index contributed by atoms with van der Waals surface area (Å²) in [6.45, 7) is 1.56. The molecule has 0 aliphatic carbocycles. The summed E-state index contributed by atoms with van der Waals surface area (Å²) < 4.78 is 13.1. The third-order valence-corrected chi connectivity index (χ3v) is 3.54. The smallest absolute Gasteiger partial charge is 0.181 e. The molecule has 4 heteroatoms. The summed E-state index contributed by atoms with van der Waals surface area (Å²) in [5.41, 5.74) is 3.10. The molecule has 0 fully saturated rings. The van der Waals surface area contributed by atoms with Crippen LogP contribution in [0.2, 0.25) is 0 Å². The fourth-order valence-corrected chi connectivity index (χ4v) is 2.46. The molecule has 1 atom stereocenters. The van der Waals surface area contributed by atoms with E-state index in [1.807, 2.05) is 36.4 Å². The first kappa shape index (κ1) is 13.8. The van der Waals surface area contributed by atoms with Crippen LogP contribution in [0.1, 0.15) is 17.5 Å². The highest BCUT2D eigenvalue weighted by molar-refractivity contribution is 6.01. The van der Waals surface area contributed by atoms with E-state index in [4.69, 9.17) is 4.84 Å². The molecule has 0 radical (unpaired) electrons. The number of nitrogens with two attached hydrogens (primary N) is 1. The van der Waals surface area contributed by atoms with Crippen LogP contribution in [0, 0.1) is 5.82 Å². The molecule has 2 N–H and O–H groups in total. The molecule has 1 heterocycles. The van der Waals surface area contributed by atoms with Crippen molar-refractivity contribution < 1.29 is 14.5 Å². The molecule has 108 valence electrons. The molecule has 3 nitrogen and oxygen atoms in total. The Bertz CT molecular complexity index is 628.